The lowest BCUT2D eigenvalue weighted by Crippen LogP contribution is -2.50. The normalized spacial score (nSPS) is 18.3. The van der Waals surface area contributed by atoms with E-state index in [-0.39, 0.29) is 29.4 Å². The van der Waals surface area contributed by atoms with Crippen molar-refractivity contribution in [2.45, 2.75) is 65.7 Å². The fraction of sp³-hybridized carbons (Fsp3) is 0.533. The van der Waals surface area contributed by atoms with E-state index in [1.54, 1.807) is 6.92 Å². The average Bonchev–Trinajstić information content (AvgIpc) is 3.34. The lowest BCUT2D eigenvalue weighted by atomic mass is 9.75. The molecule has 1 fully saturated rings. The van der Waals surface area contributed by atoms with Crippen molar-refractivity contribution < 1.29 is 9.59 Å². The van der Waals surface area contributed by atoms with Crippen molar-refractivity contribution in [2.75, 3.05) is 32.7 Å². The number of benzene rings is 1. The van der Waals surface area contributed by atoms with Crippen LogP contribution >= 0.6 is 0 Å². The van der Waals surface area contributed by atoms with Crippen LogP contribution in [0.2, 0.25) is 0 Å². The third kappa shape index (κ3) is 6.37. The van der Waals surface area contributed by atoms with Crippen molar-refractivity contribution in [1.29, 1.82) is 5.26 Å². The van der Waals surface area contributed by atoms with Crippen LogP contribution in [-0.2, 0) is 16.6 Å². The number of hydrogen-bond donors (Lipinski definition) is 1. The van der Waals surface area contributed by atoms with E-state index in [2.05, 4.69) is 66.8 Å². The van der Waals surface area contributed by atoms with Crippen LogP contribution in [0.25, 0.3) is 5.57 Å². The maximum atomic E-state index is 13.0. The zero-order chi connectivity index (χ0) is 26.8. The van der Waals surface area contributed by atoms with Gasteiger partial charge in [-0.1, -0.05) is 52.0 Å². The molecule has 1 aliphatic heterocycles. The number of rotatable bonds is 7. The first kappa shape index (κ1) is 26.8. The summed E-state index contributed by atoms with van der Waals surface area (Å²) in [4.78, 5) is 36.1. The Hall–Kier alpha value is -3.24. The number of aromatic nitrogens is 2. The number of amides is 1. The van der Waals surface area contributed by atoms with Gasteiger partial charge in [0.1, 0.15) is 11.8 Å². The molecule has 1 saturated heterocycles. The van der Waals surface area contributed by atoms with E-state index < -0.39 is 0 Å². The van der Waals surface area contributed by atoms with Crippen molar-refractivity contribution in [1.82, 2.24) is 19.8 Å². The molecule has 2 aliphatic rings. The number of carbonyl (C=O) groups excluding carboxylic acids is 2. The maximum absolute atomic E-state index is 13.0. The number of imidazole rings is 1. The molecule has 196 valence electrons. The number of piperazine rings is 1. The highest BCUT2D eigenvalue weighted by molar-refractivity contribution is 5.95. The molecular formula is C30H39N5O2. The number of allylic oxidation sites excluding steroid dienone is 2. The summed E-state index contributed by atoms with van der Waals surface area (Å²) in [5.41, 5.74) is 5.22. The molecule has 37 heavy (non-hydrogen) atoms. The molecule has 0 radical (unpaired) electrons. The van der Waals surface area contributed by atoms with Gasteiger partial charge in [-0.25, -0.2) is 4.98 Å². The number of hydrogen-bond acceptors (Lipinski definition) is 5. The van der Waals surface area contributed by atoms with Crippen LogP contribution in [0.5, 0.6) is 0 Å². The third-order valence-corrected chi connectivity index (χ3v) is 7.96. The molecule has 2 aromatic rings. The van der Waals surface area contributed by atoms with E-state index in [0.29, 0.717) is 11.1 Å². The largest absolute Gasteiger partial charge is 0.340 e. The molecular weight excluding hydrogens is 462 g/mol. The first-order valence-electron chi connectivity index (χ1n) is 13.3. The summed E-state index contributed by atoms with van der Waals surface area (Å²) in [6.07, 6.45) is 7.12. The first-order chi connectivity index (χ1) is 17.5. The molecule has 0 saturated carbocycles. The number of nitrogens with zero attached hydrogens (tertiary/aromatic N) is 4. The summed E-state index contributed by atoms with van der Waals surface area (Å²) in [7, 11) is 0. The number of carbonyl (C=O) groups is 2. The quantitative estimate of drug-likeness (QED) is 0.553. The standard InChI is InChI=1S/C30H39N5O2/c1-21(36)35-14-12-34(13-15-35)20-30(4,5)24-7-6-23(16-27(37)28-32-19-25(18-31)33-28)26(17-24)22-8-10-29(2,3)11-9-22/h6-8,17,19H,9-16,20H2,1-5H3,(H,32,33). The van der Waals surface area contributed by atoms with Gasteiger partial charge in [-0.2, -0.15) is 5.26 Å². The number of ketones is 1. The molecule has 2 heterocycles. The molecule has 1 aromatic heterocycles. The van der Waals surface area contributed by atoms with Crippen LogP contribution < -0.4 is 0 Å². The smallest absolute Gasteiger partial charge is 0.219 e. The molecule has 4 rings (SSSR count). The van der Waals surface area contributed by atoms with Gasteiger partial charge in [0.15, 0.2) is 5.82 Å². The number of Topliss-reactive ketones (excluding diaryl/α,β-unsaturated/α-hetero) is 1. The van der Waals surface area contributed by atoms with Crippen molar-refractivity contribution in [2.24, 2.45) is 5.41 Å². The molecule has 1 aliphatic carbocycles. The predicted molar refractivity (Wildman–Crippen MR) is 145 cm³/mol. The molecule has 1 aromatic carbocycles. The van der Waals surface area contributed by atoms with Crippen LogP contribution in [0, 0.1) is 16.7 Å². The maximum Gasteiger partial charge on any atom is 0.219 e. The van der Waals surface area contributed by atoms with E-state index >= 15 is 0 Å². The Morgan fingerprint density at radius 1 is 1.19 bits per heavy atom. The molecule has 0 unspecified atom stereocenters. The zero-order valence-corrected chi connectivity index (χ0v) is 22.9. The Balaban J connectivity index is 1.59. The molecule has 0 spiro atoms. The van der Waals surface area contributed by atoms with Crippen molar-refractivity contribution in [3.63, 3.8) is 0 Å². The second kappa shape index (κ2) is 10.6. The fourth-order valence-corrected chi connectivity index (χ4v) is 5.42. The van der Waals surface area contributed by atoms with Gasteiger partial charge in [0.2, 0.25) is 11.7 Å². The minimum atomic E-state index is -0.116. The minimum Gasteiger partial charge on any atom is -0.340 e. The Morgan fingerprint density at radius 3 is 2.51 bits per heavy atom. The number of aromatic amines is 1. The van der Waals surface area contributed by atoms with E-state index in [1.165, 1.54) is 17.3 Å². The Kier molecular flexibility index (Phi) is 7.70. The monoisotopic (exact) mass is 501 g/mol. The molecule has 1 amide bonds. The Labute approximate surface area is 220 Å². The van der Waals surface area contributed by atoms with E-state index in [4.69, 9.17) is 5.26 Å². The van der Waals surface area contributed by atoms with Gasteiger partial charge in [-0.15, -0.1) is 0 Å². The second-order valence-corrected chi connectivity index (χ2v) is 12.0. The van der Waals surface area contributed by atoms with E-state index in [9.17, 15) is 9.59 Å². The Morgan fingerprint density at radius 2 is 1.92 bits per heavy atom. The van der Waals surface area contributed by atoms with Gasteiger partial charge in [-0.3, -0.25) is 14.5 Å². The summed E-state index contributed by atoms with van der Waals surface area (Å²) in [6, 6.07) is 8.56. The van der Waals surface area contributed by atoms with Crippen LogP contribution in [-0.4, -0.2) is 64.2 Å². The summed E-state index contributed by atoms with van der Waals surface area (Å²) >= 11 is 0. The van der Waals surface area contributed by atoms with Crippen LogP contribution in [0.1, 0.15) is 86.9 Å². The minimum absolute atomic E-state index is 0.0904. The summed E-state index contributed by atoms with van der Waals surface area (Å²) in [5.74, 6) is 0.265. The molecule has 0 bridgehead atoms. The Bertz CT molecular complexity index is 1240. The summed E-state index contributed by atoms with van der Waals surface area (Å²) in [5, 5.41) is 9.08. The zero-order valence-electron chi connectivity index (χ0n) is 22.9. The molecule has 1 N–H and O–H groups in total. The van der Waals surface area contributed by atoms with Crippen molar-refractivity contribution in [3.8, 4) is 6.07 Å². The highest BCUT2D eigenvalue weighted by atomic mass is 16.2. The molecule has 7 heteroatoms. The number of nitrogens with one attached hydrogen (secondary N) is 1. The number of H-pyrrole nitrogens is 1. The van der Waals surface area contributed by atoms with Crippen LogP contribution in [0.15, 0.2) is 30.5 Å². The second-order valence-electron chi connectivity index (χ2n) is 12.0. The van der Waals surface area contributed by atoms with Gasteiger partial charge in [-0.05, 0) is 46.9 Å². The highest BCUT2D eigenvalue weighted by Crippen LogP contribution is 2.40. The fourth-order valence-electron chi connectivity index (χ4n) is 5.42. The lowest BCUT2D eigenvalue weighted by Gasteiger charge is -2.39. The van der Waals surface area contributed by atoms with Gasteiger partial charge in [0.05, 0.1) is 6.20 Å². The van der Waals surface area contributed by atoms with Gasteiger partial charge in [0, 0.05) is 51.5 Å². The van der Waals surface area contributed by atoms with Crippen molar-refractivity contribution >= 4 is 17.3 Å². The van der Waals surface area contributed by atoms with E-state index in [1.807, 2.05) is 11.0 Å². The van der Waals surface area contributed by atoms with Gasteiger partial charge >= 0.3 is 0 Å². The predicted octanol–water partition coefficient (Wildman–Crippen LogP) is 4.74. The summed E-state index contributed by atoms with van der Waals surface area (Å²) in [6.45, 7) is 15.0. The third-order valence-electron chi connectivity index (χ3n) is 7.96. The van der Waals surface area contributed by atoms with Gasteiger partial charge < -0.3 is 9.88 Å². The van der Waals surface area contributed by atoms with Crippen molar-refractivity contribution in [3.05, 3.63) is 58.7 Å². The SMILES string of the molecule is CC(=O)N1CCN(CC(C)(C)c2ccc(CC(=O)c3ncc(C#N)[nH]3)c(C3=CCC(C)(C)CC3)c2)CC1. The average molecular weight is 502 g/mol. The molecule has 0 atom stereocenters. The topological polar surface area (TPSA) is 93.1 Å². The van der Waals surface area contributed by atoms with E-state index in [0.717, 1.165) is 63.1 Å². The highest BCUT2D eigenvalue weighted by Gasteiger charge is 2.29. The van der Waals surface area contributed by atoms with Crippen LogP contribution in [0.3, 0.4) is 0 Å². The lowest BCUT2D eigenvalue weighted by molar-refractivity contribution is -0.130. The molecule has 7 nitrogen and oxygen atoms in total. The van der Waals surface area contributed by atoms with Gasteiger partial charge in [0.25, 0.3) is 0 Å². The number of nitriles is 1. The first-order valence-corrected chi connectivity index (χ1v) is 13.3. The summed E-state index contributed by atoms with van der Waals surface area (Å²) < 4.78 is 0. The van der Waals surface area contributed by atoms with Crippen LogP contribution in [0.4, 0.5) is 0 Å².